The molecule has 8 heteroatoms. The molecule has 32 heavy (non-hydrogen) atoms. The van der Waals surface area contributed by atoms with Crippen LogP contribution in [0.15, 0.2) is 0 Å². The molecule has 0 heterocycles. The van der Waals surface area contributed by atoms with Gasteiger partial charge in [0, 0.05) is 6.54 Å². The Morgan fingerprint density at radius 3 is 1.56 bits per heavy atom. The van der Waals surface area contributed by atoms with Crippen molar-refractivity contribution < 1.29 is 23.9 Å². The van der Waals surface area contributed by atoms with E-state index < -0.39 is 0 Å². The summed E-state index contributed by atoms with van der Waals surface area (Å²) in [6.07, 6.45) is 15.1. The predicted octanol–water partition coefficient (Wildman–Crippen LogP) is 4.45. The van der Waals surface area contributed by atoms with Crippen molar-refractivity contribution in [3.05, 3.63) is 0 Å². The number of hydrogen-bond donors (Lipinski definition) is 3. The largest absolute Gasteiger partial charge is 0.465 e. The summed E-state index contributed by atoms with van der Waals surface area (Å²) in [6.45, 7) is 7.87. The lowest BCUT2D eigenvalue weighted by Gasteiger charge is -2.07. The van der Waals surface area contributed by atoms with Crippen LogP contribution >= 0.6 is 0 Å². The summed E-state index contributed by atoms with van der Waals surface area (Å²) in [5.41, 5.74) is 5.08. The summed E-state index contributed by atoms with van der Waals surface area (Å²) in [5, 5.41) is 5.09. The number of urea groups is 1. The van der Waals surface area contributed by atoms with Gasteiger partial charge in [0.2, 0.25) is 0 Å². The molecule has 8 nitrogen and oxygen atoms in total. The van der Waals surface area contributed by atoms with E-state index in [0.29, 0.717) is 19.8 Å². The van der Waals surface area contributed by atoms with Crippen LogP contribution in [0.1, 0.15) is 104 Å². The number of carbonyl (C=O) groups is 3. The number of ether oxygens (including phenoxy) is 2. The van der Waals surface area contributed by atoms with Crippen LogP contribution in [-0.2, 0) is 19.1 Å². The first kappa shape index (κ1) is 32.4. The van der Waals surface area contributed by atoms with Crippen LogP contribution in [0.25, 0.3) is 0 Å². The Morgan fingerprint density at radius 1 is 0.625 bits per heavy atom. The summed E-state index contributed by atoms with van der Waals surface area (Å²) < 4.78 is 9.86. The van der Waals surface area contributed by atoms with E-state index in [1.807, 2.05) is 6.92 Å². The van der Waals surface area contributed by atoms with Gasteiger partial charge in [-0.25, -0.2) is 4.79 Å². The molecule has 0 aliphatic heterocycles. The van der Waals surface area contributed by atoms with Crippen molar-refractivity contribution >= 4 is 18.0 Å². The first-order chi connectivity index (χ1) is 15.5. The van der Waals surface area contributed by atoms with Gasteiger partial charge in [-0.15, -0.1) is 0 Å². The van der Waals surface area contributed by atoms with Crippen LogP contribution in [-0.4, -0.2) is 50.8 Å². The maximum absolute atomic E-state index is 11.3. The molecular weight excluding hydrogens is 410 g/mol. The van der Waals surface area contributed by atoms with Crippen LogP contribution in [0.4, 0.5) is 4.79 Å². The lowest BCUT2D eigenvalue weighted by atomic mass is 10.1. The first-order valence-corrected chi connectivity index (χ1v) is 12.5. The Kier molecular flexibility index (Phi) is 27.5. The Morgan fingerprint density at radius 2 is 1.09 bits per heavy atom. The van der Waals surface area contributed by atoms with E-state index in [9.17, 15) is 14.4 Å². The van der Waals surface area contributed by atoms with Gasteiger partial charge in [-0.05, 0) is 19.3 Å². The number of esters is 2. The van der Waals surface area contributed by atoms with Gasteiger partial charge in [0.15, 0.2) is 0 Å². The topological polar surface area (TPSA) is 120 Å². The van der Waals surface area contributed by atoms with E-state index in [0.717, 1.165) is 32.1 Å². The fraction of sp³-hybridized carbons (Fsp3) is 0.875. The first-order valence-electron chi connectivity index (χ1n) is 12.5. The van der Waals surface area contributed by atoms with Crippen LogP contribution in [0.2, 0.25) is 0 Å². The third-order valence-electron chi connectivity index (χ3n) is 4.62. The maximum atomic E-state index is 11.3. The van der Waals surface area contributed by atoms with E-state index >= 15 is 0 Å². The highest BCUT2D eigenvalue weighted by atomic mass is 16.5. The lowest BCUT2D eigenvalue weighted by Crippen LogP contribution is -2.39. The zero-order valence-corrected chi connectivity index (χ0v) is 20.8. The van der Waals surface area contributed by atoms with Crippen LogP contribution in [0.3, 0.4) is 0 Å². The summed E-state index contributed by atoms with van der Waals surface area (Å²) in [4.78, 5) is 33.0. The van der Waals surface area contributed by atoms with Crippen molar-refractivity contribution in [3.8, 4) is 0 Å². The van der Waals surface area contributed by atoms with Crippen LogP contribution < -0.4 is 16.4 Å². The molecule has 4 N–H and O–H groups in total. The van der Waals surface area contributed by atoms with Gasteiger partial charge in [-0.1, -0.05) is 85.0 Å². The third-order valence-corrected chi connectivity index (χ3v) is 4.62. The molecule has 0 atom stereocenters. The molecule has 0 aliphatic rings. The number of nitrogens with two attached hydrogens (primary N) is 1. The SMILES string of the molecule is CCCCCCCCOC(=O)CN.CCCCCCCCOC(=O)CNC(=O)NCCC. The molecule has 2 amide bonds. The number of hydrogen-bond acceptors (Lipinski definition) is 6. The van der Waals surface area contributed by atoms with Crippen LogP contribution in [0, 0.1) is 0 Å². The van der Waals surface area contributed by atoms with E-state index in [2.05, 4.69) is 24.5 Å². The molecule has 0 unspecified atom stereocenters. The van der Waals surface area contributed by atoms with Crippen molar-refractivity contribution in [2.24, 2.45) is 5.73 Å². The van der Waals surface area contributed by atoms with Gasteiger partial charge in [-0.2, -0.15) is 0 Å². The van der Waals surface area contributed by atoms with Crippen molar-refractivity contribution in [1.29, 1.82) is 0 Å². The van der Waals surface area contributed by atoms with Gasteiger partial charge in [0.1, 0.15) is 6.54 Å². The van der Waals surface area contributed by atoms with Gasteiger partial charge in [0.05, 0.1) is 19.8 Å². The van der Waals surface area contributed by atoms with E-state index in [4.69, 9.17) is 15.2 Å². The molecule has 0 fully saturated rings. The summed E-state index contributed by atoms with van der Waals surface area (Å²) >= 11 is 0. The minimum absolute atomic E-state index is 0.00413. The van der Waals surface area contributed by atoms with Gasteiger partial charge >= 0.3 is 18.0 Å². The minimum Gasteiger partial charge on any atom is -0.465 e. The fourth-order valence-electron chi connectivity index (χ4n) is 2.70. The molecule has 0 aromatic rings. The fourth-order valence-corrected chi connectivity index (χ4v) is 2.70. The van der Waals surface area contributed by atoms with E-state index in [1.54, 1.807) is 0 Å². The van der Waals surface area contributed by atoms with Gasteiger partial charge in [0.25, 0.3) is 0 Å². The molecule has 0 radical (unpaired) electrons. The summed E-state index contributed by atoms with van der Waals surface area (Å²) in [5.74, 6) is -0.672. The van der Waals surface area contributed by atoms with Gasteiger partial charge in [-0.3, -0.25) is 9.59 Å². The molecule has 0 spiro atoms. The summed E-state index contributed by atoms with van der Waals surface area (Å²) in [6, 6.07) is -0.321. The molecule has 0 aromatic heterocycles. The number of carbonyl (C=O) groups excluding carboxylic acids is 3. The smallest absolute Gasteiger partial charge is 0.325 e. The Hall–Kier alpha value is -1.83. The number of unbranched alkanes of at least 4 members (excludes halogenated alkanes) is 10. The second-order valence-electron chi connectivity index (χ2n) is 7.79. The van der Waals surface area contributed by atoms with Crippen molar-refractivity contribution in [2.45, 2.75) is 104 Å². The second kappa shape index (κ2) is 27.2. The van der Waals surface area contributed by atoms with E-state index in [1.165, 1.54) is 51.4 Å². The Balaban J connectivity index is 0. The average Bonchev–Trinajstić information content (AvgIpc) is 2.80. The quantitative estimate of drug-likeness (QED) is 0.194. The van der Waals surface area contributed by atoms with Gasteiger partial charge < -0.3 is 25.8 Å². The maximum Gasteiger partial charge on any atom is 0.325 e. The molecule has 0 aromatic carbocycles. The molecule has 0 aliphatic carbocycles. The summed E-state index contributed by atoms with van der Waals surface area (Å²) in [7, 11) is 0. The van der Waals surface area contributed by atoms with E-state index in [-0.39, 0.29) is 31.1 Å². The van der Waals surface area contributed by atoms with Crippen molar-refractivity contribution in [2.75, 3.05) is 32.8 Å². The zero-order chi connectivity index (χ0) is 24.3. The lowest BCUT2D eigenvalue weighted by molar-refractivity contribution is -0.143. The highest BCUT2D eigenvalue weighted by Crippen LogP contribution is 2.05. The van der Waals surface area contributed by atoms with Crippen molar-refractivity contribution in [1.82, 2.24) is 10.6 Å². The normalized spacial score (nSPS) is 10.0. The van der Waals surface area contributed by atoms with Crippen LogP contribution in [0.5, 0.6) is 0 Å². The Bertz CT molecular complexity index is 447. The zero-order valence-electron chi connectivity index (χ0n) is 20.8. The molecule has 0 rings (SSSR count). The molecule has 190 valence electrons. The van der Waals surface area contributed by atoms with Crippen molar-refractivity contribution in [3.63, 3.8) is 0 Å². The predicted molar refractivity (Wildman–Crippen MR) is 129 cm³/mol. The molecular formula is C24H49N3O5. The number of rotatable bonds is 19. The molecule has 0 saturated carbocycles. The highest BCUT2D eigenvalue weighted by Gasteiger charge is 2.05. The second-order valence-corrected chi connectivity index (χ2v) is 7.79. The average molecular weight is 460 g/mol. The third kappa shape index (κ3) is 28.2. The molecule has 0 bridgehead atoms. The molecule has 0 saturated heterocycles. The monoisotopic (exact) mass is 459 g/mol. The number of amides is 2. The minimum atomic E-state index is -0.375. The highest BCUT2D eigenvalue weighted by molar-refractivity contribution is 5.80. The standard InChI is InChI=1S/C14H28N2O3.C10H21NO2/c1-3-5-6-7-8-9-11-19-13(17)12-16-14(18)15-10-4-2;1-2-3-4-5-6-7-8-13-10(12)9-11/h3-12H2,1-2H3,(H2,15,16,18);2-9,11H2,1H3. The number of nitrogens with one attached hydrogen (secondary N) is 2. The Labute approximate surface area is 195 Å².